The van der Waals surface area contributed by atoms with Crippen molar-refractivity contribution in [2.75, 3.05) is 18.0 Å². The zero-order valence-electron chi connectivity index (χ0n) is 11.2. The lowest BCUT2D eigenvalue weighted by atomic mass is 10.0. The Morgan fingerprint density at radius 3 is 3.10 bits per heavy atom. The molecule has 1 fully saturated rings. The number of aromatic nitrogens is 2. The van der Waals surface area contributed by atoms with Gasteiger partial charge in [0.2, 0.25) is 0 Å². The van der Waals surface area contributed by atoms with Gasteiger partial charge in [0.1, 0.15) is 0 Å². The molecule has 0 radical (unpaired) electrons. The second-order valence-electron chi connectivity index (χ2n) is 5.28. The second-order valence-corrected chi connectivity index (χ2v) is 5.28. The van der Waals surface area contributed by atoms with Crippen LogP contribution in [0.4, 0.5) is 5.69 Å². The van der Waals surface area contributed by atoms with Gasteiger partial charge in [-0.15, -0.1) is 0 Å². The van der Waals surface area contributed by atoms with Crippen LogP contribution in [0.1, 0.15) is 19.3 Å². The molecule has 3 rings (SSSR count). The Hall–Kier alpha value is -2.17. The van der Waals surface area contributed by atoms with Gasteiger partial charge in [-0.1, -0.05) is 18.2 Å². The third-order valence-corrected chi connectivity index (χ3v) is 3.92. The molecule has 1 unspecified atom stereocenters. The standard InChI is InChI=1S/C15H17N3O2/c19-15(20)6-5-11-7-8-18(10-11)14-9-16-17-13-4-2-1-3-12(13)14/h1-4,9,11H,5-8,10H2,(H,19,20). The van der Waals surface area contributed by atoms with E-state index in [1.807, 2.05) is 24.4 Å². The SMILES string of the molecule is O=C(O)CCC1CCN(c2cnnc3ccccc23)C1. The van der Waals surface area contributed by atoms with Gasteiger partial charge >= 0.3 is 5.97 Å². The number of carboxylic acids is 1. The number of fused-ring (bicyclic) bond motifs is 1. The maximum absolute atomic E-state index is 10.7. The number of benzene rings is 1. The maximum Gasteiger partial charge on any atom is 0.303 e. The van der Waals surface area contributed by atoms with Crippen LogP contribution in [0.25, 0.3) is 10.9 Å². The van der Waals surface area contributed by atoms with Crippen molar-refractivity contribution in [3.05, 3.63) is 30.5 Å². The number of anilines is 1. The zero-order chi connectivity index (χ0) is 13.9. The average Bonchev–Trinajstić information content (AvgIpc) is 2.93. The summed E-state index contributed by atoms with van der Waals surface area (Å²) in [4.78, 5) is 12.9. The highest BCUT2D eigenvalue weighted by Crippen LogP contribution is 2.30. The Labute approximate surface area is 117 Å². The molecule has 2 heterocycles. The first-order valence-corrected chi connectivity index (χ1v) is 6.91. The third kappa shape index (κ3) is 2.57. The number of carboxylic acid groups (broad SMARTS) is 1. The highest BCUT2D eigenvalue weighted by molar-refractivity contribution is 5.90. The molecule has 1 aliphatic heterocycles. The summed E-state index contributed by atoms with van der Waals surface area (Å²) in [5, 5.41) is 18.1. The molecule has 0 amide bonds. The van der Waals surface area contributed by atoms with Crippen LogP contribution in [0.5, 0.6) is 0 Å². The summed E-state index contributed by atoms with van der Waals surface area (Å²) in [6, 6.07) is 7.99. The molecule has 1 saturated heterocycles. The molecule has 2 aromatic rings. The Morgan fingerprint density at radius 1 is 1.40 bits per heavy atom. The lowest BCUT2D eigenvalue weighted by Crippen LogP contribution is -2.20. The molecule has 1 aromatic carbocycles. The van der Waals surface area contributed by atoms with E-state index in [2.05, 4.69) is 21.2 Å². The van der Waals surface area contributed by atoms with E-state index in [0.717, 1.165) is 42.5 Å². The molecule has 5 heteroatoms. The van der Waals surface area contributed by atoms with Crippen LogP contribution in [-0.4, -0.2) is 34.4 Å². The molecule has 1 aliphatic rings. The van der Waals surface area contributed by atoms with Crippen LogP contribution in [0.15, 0.2) is 30.5 Å². The number of nitrogens with zero attached hydrogens (tertiary/aromatic N) is 3. The van der Waals surface area contributed by atoms with E-state index in [1.54, 1.807) is 0 Å². The first kappa shape index (κ1) is 12.8. The van der Waals surface area contributed by atoms with Gasteiger partial charge in [-0.25, -0.2) is 0 Å². The van der Waals surface area contributed by atoms with Crippen LogP contribution in [-0.2, 0) is 4.79 Å². The van der Waals surface area contributed by atoms with Crippen LogP contribution in [0.2, 0.25) is 0 Å². The molecular formula is C15H17N3O2. The lowest BCUT2D eigenvalue weighted by molar-refractivity contribution is -0.137. The quantitative estimate of drug-likeness (QED) is 0.924. The fraction of sp³-hybridized carbons (Fsp3) is 0.400. The molecule has 1 N–H and O–H groups in total. The molecule has 104 valence electrons. The Morgan fingerprint density at radius 2 is 2.25 bits per heavy atom. The first-order valence-electron chi connectivity index (χ1n) is 6.91. The van der Waals surface area contributed by atoms with Crippen molar-refractivity contribution < 1.29 is 9.90 Å². The van der Waals surface area contributed by atoms with Gasteiger partial charge in [0.15, 0.2) is 0 Å². The van der Waals surface area contributed by atoms with E-state index < -0.39 is 5.97 Å². The lowest BCUT2D eigenvalue weighted by Gasteiger charge is -2.19. The summed E-state index contributed by atoms with van der Waals surface area (Å²) in [7, 11) is 0. The minimum atomic E-state index is -0.709. The van der Waals surface area contributed by atoms with Crippen molar-refractivity contribution >= 4 is 22.6 Å². The third-order valence-electron chi connectivity index (χ3n) is 3.92. The second kappa shape index (κ2) is 5.45. The Bertz CT molecular complexity index is 624. The van der Waals surface area contributed by atoms with Gasteiger partial charge in [-0.2, -0.15) is 10.2 Å². The maximum atomic E-state index is 10.7. The van der Waals surface area contributed by atoms with Crippen LogP contribution < -0.4 is 4.90 Å². The van der Waals surface area contributed by atoms with Gasteiger partial charge in [-0.05, 0) is 24.8 Å². The molecule has 0 spiro atoms. The topological polar surface area (TPSA) is 66.3 Å². The molecule has 0 bridgehead atoms. The van der Waals surface area contributed by atoms with Crippen LogP contribution >= 0.6 is 0 Å². The van der Waals surface area contributed by atoms with E-state index in [9.17, 15) is 4.79 Å². The smallest absolute Gasteiger partial charge is 0.303 e. The minimum absolute atomic E-state index is 0.258. The largest absolute Gasteiger partial charge is 0.481 e. The van der Waals surface area contributed by atoms with Crippen molar-refractivity contribution in [2.24, 2.45) is 5.92 Å². The molecule has 1 atom stereocenters. The van der Waals surface area contributed by atoms with Gasteiger partial charge < -0.3 is 10.0 Å². The van der Waals surface area contributed by atoms with Crippen molar-refractivity contribution in [3.63, 3.8) is 0 Å². The van der Waals surface area contributed by atoms with Crippen molar-refractivity contribution in [2.45, 2.75) is 19.3 Å². The summed E-state index contributed by atoms with van der Waals surface area (Å²) < 4.78 is 0. The summed E-state index contributed by atoms with van der Waals surface area (Å²) in [6.45, 7) is 1.86. The van der Waals surface area contributed by atoms with E-state index in [0.29, 0.717) is 5.92 Å². The minimum Gasteiger partial charge on any atom is -0.481 e. The van der Waals surface area contributed by atoms with Gasteiger partial charge in [0, 0.05) is 24.9 Å². The van der Waals surface area contributed by atoms with Gasteiger partial charge in [0.05, 0.1) is 17.4 Å². The first-order chi connectivity index (χ1) is 9.74. The fourth-order valence-electron chi connectivity index (χ4n) is 2.86. The molecular weight excluding hydrogens is 254 g/mol. The average molecular weight is 271 g/mol. The molecule has 5 nitrogen and oxygen atoms in total. The van der Waals surface area contributed by atoms with Crippen molar-refractivity contribution in [1.29, 1.82) is 0 Å². The molecule has 1 aromatic heterocycles. The zero-order valence-corrected chi connectivity index (χ0v) is 11.2. The van der Waals surface area contributed by atoms with E-state index in [1.165, 1.54) is 0 Å². The summed E-state index contributed by atoms with van der Waals surface area (Å²) >= 11 is 0. The fourth-order valence-corrected chi connectivity index (χ4v) is 2.86. The summed E-state index contributed by atoms with van der Waals surface area (Å²) in [5.41, 5.74) is 2.01. The number of rotatable bonds is 4. The van der Waals surface area contributed by atoms with Gasteiger partial charge in [0.25, 0.3) is 0 Å². The summed E-state index contributed by atoms with van der Waals surface area (Å²) in [6.07, 6.45) is 3.86. The molecule has 0 aliphatic carbocycles. The van der Waals surface area contributed by atoms with Crippen LogP contribution in [0, 0.1) is 5.92 Å². The highest BCUT2D eigenvalue weighted by Gasteiger charge is 2.24. The number of aliphatic carboxylic acids is 1. The van der Waals surface area contributed by atoms with E-state index >= 15 is 0 Å². The van der Waals surface area contributed by atoms with E-state index in [4.69, 9.17) is 5.11 Å². The summed E-state index contributed by atoms with van der Waals surface area (Å²) in [5.74, 6) is -0.252. The van der Waals surface area contributed by atoms with Crippen LogP contribution in [0.3, 0.4) is 0 Å². The number of hydrogen-bond donors (Lipinski definition) is 1. The predicted octanol–water partition coefficient (Wildman–Crippen LogP) is 2.32. The highest BCUT2D eigenvalue weighted by atomic mass is 16.4. The monoisotopic (exact) mass is 271 g/mol. The van der Waals surface area contributed by atoms with Crippen molar-refractivity contribution in [3.8, 4) is 0 Å². The molecule has 20 heavy (non-hydrogen) atoms. The predicted molar refractivity (Wildman–Crippen MR) is 76.7 cm³/mol. The Kier molecular flexibility index (Phi) is 3.50. The van der Waals surface area contributed by atoms with E-state index in [-0.39, 0.29) is 6.42 Å². The number of carbonyl (C=O) groups is 1. The van der Waals surface area contributed by atoms with Gasteiger partial charge in [-0.3, -0.25) is 4.79 Å². The van der Waals surface area contributed by atoms with Crippen molar-refractivity contribution in [1.82, 2.24) is 10.2 Å². The Balaban J connectivity index is 1.78. The number of hydrogen-bond acceptors (Lipinski definition) is 4. The molecule has 0 saturated carbocycles. The normalized spacial score (nSPS) is 18.6.